The predicted octanol–water partition coefficient (Wildman–Crippen LogP) is 3.99. The van der Waals surface area contributed by atoms with Crippen molar-refractivity contribution >= 4 is 22.2 Å². The molecule has 2 nitrogen and oxygen atoms in total. The molecule has 1 heterocycles. The van der Waals surface area contributed by atoms with Gasteiger partial charge in [0.2, 0.25) is 0 Å². The summed E-state index contributed by atoms with van der Waals surface area (Å²) in [6, 6.07) is 7.94. The molecule has 0 unspecified atom stereocenters. The van der Waals surface area contributed by atoms with E-state index in [1.54, 1.807) is 12.1 Å². The lowest BCUT2D eigenvalue weighted by atomic mass is 10.0. The highest BCUT2D eigenvalue weighted by Gasteiger charge is 2.14. The molecule has 0 fully saturated rings. The minimum Gasteiger partial charge on any atom is -0.265 e. The van der Waals surface area contributed by atoms with Crippen molar-refractivity contribution in [1.82, 2.24) is 4.98 Å². The highest BCUT2D eigenvalue weighted by molar-refractivity contribution is 6.53. The minimum absolute atomic E-state index is 0.0635. The fourth-order valence-electron chi connectivity index (χ4n) is 1.56. The highest BCUT2D eigenvalue weighted by atomic mass is 35.5. The smallest absolute Gasteiger partial charge is 0.132 e. The van der Waals surface area contributed by atoms with E-state index >= 15 is 0 Å². The Morgan fingerprint density at radius 1 is 1.16 bits per heavy atom. The van der Waals surface area contributed by atoms with Gasteiger partial charge >= 0.3 is 0 Å². The van der Waals surface area contributed by atoms with Gasteiger partial charge in [0.05, 0.1) is 10.6 Å². The number of nitriles is 1. The number of rotatable bonds is 2. The van der Waals surface area contributed by atoms with Gasteiger partial charge in [0.15, 0.2) is 0 Å². The SMILES string of the molecule is N#C/C(=C(\Cl)c1cc(F)ccc1F)c1ccncc1. The van der Waals surface area contributed by atoms with Crippen molar-refractivity contribution in [3.05, 3.63) is 65.5 Å². The lowest BCUT2D eigenvalue weighted by Gasteiger charge is -2.05. The van der Waals surface area contributed by atoms with Gasteiger partial charge in [0.1, 0.15) is 17.7 Å². The zero-order chi connectivity index (χ0) is 13.8. The largest absolute Gasteiger partial charge is 0.265 e. The van der Waals surface area contributed by atoms with Gasteiger partial charge in [-0.15, -0.1) is 0 Å². The molecule has 0 aliphatic heterocycles. The van der Waals surface area contributed by atoms with Crippen LogP contribution in [0.15, 0.2) is 42.7 Å². The maximum absolute atomic E-state index is 13.6. The first-order valence-corrected chi connectivity index (χ1v) is 5.67. The number of benzene rings is 1. The zero-order valence-electron chi connectivity index (χ0n) is 9.57. The Labute approximate surface area is 113 Å². The molecule has 1 aromatic carbocycles. The summed E-state index contributed by atoms with van der Waals surface area (Å²) in [6.07, 6.45) is 2.97. The van der Waals surface area contributed by atoms with Gasteiger partial charge in [0, 0.05) is 18.0 Å². The summed E-state index contributed by atoms with van der Waals surface area (Å²) >= 11 is 6.01. The average Bonchev–Trinajstić information content (AvgIpc) is 2.43. The Morgan fingerprint density at radius 3 is 2.47 bits per heavy atom. The summed E-state index contributed by atoms with van der Waals surface area (Å²) in [7, 11) is 0. The number of nitrogens with zero attached hydrogens (tertiary/aromatic N) is 2. The van der Waals surface area contributed by atoms with E-state index in [1.807, 2.05) is 6.07 Å². The fraction of sp³-hybridized carbons (Fsp3) is 0. The second kappa shape index (κ2) is 5.59. The maximum atomic E-state index is 13.6. The quantitative estimate of drug-likeness (QED) is 0.778. The van der Waals surface area contributed by atoms with Crippen molar-refractivity contribution in [2.45, 2.75) is 0 Å². The van der Waals surface area contributed by atoms with Gasteiger partial charge in [-0.2, -0.15) is 5.26 Å². The second-order valence-corrected chi connectivity index (χ2v) is 4.04. The maximum Gasteiger partial charge on any atom is 0.132 e. The van der Waals surface area contributed by atoms with Crippen molar-refractivity contribution < 1.29 is 8.78 Å². The Kier molecular flexibility index (Phi) is 3.88. The van der Waals surface area contributed by atoms with Crippen LogP contribution in [0.2, 0.25) is 0 Å². The average molecular weight is 277 g/mol. The number of hydrogen-bond acceptors (Lipinski definition) is 2. The van der Waals surface area contributed by atoms with Crippen molar-refractivity contribution in [2.24, 2.45) is 0 Å². The first-order chi connectivity index (χ1) is 9.13. The third-order valence-corrected chi connectivity index (χ3v) is 2.86. The van der Waals surface area contributed by atoms with Gasteiger partial charge in [0.25, 0.3) is 0 Å². The number of allylic oxidation sites excluding steroid dienone is 1. The molecule has 0 aliphatic carbocycles. The number of halogens is 3. The number of hydrogen-bond donors (Lipinski definition) is 0. The van der Waals surface area contributed by atoms with Crippen molar-refractivity contribution in [2.75, 3.05) is 0 Å². The molecule has 0 saturated heterocycles. The summed E-state index contributed by atoms with van der Waals surface area (Å²) in [5.41, 5.74) is 0.412. The van der Waals surface area contributed by atoms with E-state index in [0.717, 1.165) is 18.2 Å². The number of aromatic nitrogens is 1. The minimum atomic E-state index is -0.687. The van der Waals surface area contributed by atoms with Crippen LogP contribution >= 0.6 is 11.6 Å². The number of pyridine rings is 1. The summed E-state index contributed by atoms with van der Waals surface area (Å²) in [4.78, 5) is 3.82. The molecule has 94 valence electrons. The fourth-order valence-corrected chi connectivity index (χ4v) is 1.86. The molecule has 0 atom stereocenters. The zero-order valence-corrected chi connectivity index (χ0v) is 10.3. The van der Waals surface area contributed by atoms with E-state index < -0.39 is 11.6 Å². The third-order valence-electron chi connectivity index (χ3n) is 2.47. The van der Waals surface area contributed by atoms with Gasteiger partial charge < -0.3 is 0 Å². The van der Waals surface area contributed by atoms with Crippen LogP contribution in [0.25, 0.3) is 10.6 Å². The molecule has 1 aromatic heterocycles. The van der Waals surface area contributed by atoms with Crippen molar-refractivity contribution in [3.63, 3.8) is 0 Å². The predicted molar refractivity (Wildman–Crippen MR) is 68.9 cm³/mol. The molecule has 19 heavy (non-hydrogen) atoms. The topological polar surface area (TPSA) is 36.7 Å². The Balaban J connectivity index is 2.62. The summed E-state index contributed by atoms with van der Waals surface area (Å²) in [6.45, 7) is 0. The summed E-state index contributed by atoms with van der Waals surface area (Å²) in [5, 5.41) is 9.01. The van der Waals surface area contributed by atoms with E-state index in [2.05, 4.69) is 4.98 Å². The van der Waals surface area contributed by atoms with Crippen LogP contribution in [-0.2, 0) is 0 Å². The van der Waals surface area contributed by atoms with Crippen LogP contribution < -0.4 is 0 Å². The van der Waals surface area contributed by atoms with Crippen LogP contribution in [0, 0.1) is 23.0 Å². The van der Waals surface area contributed by atoms with Crippen LogP contribution in [0.4, 0.5) is 8.78 Å². The Hall–Kier alpha value is -2.25. The Morgan fingerprint density at radius 2 is 1.84 bits per heavy atom. The van der Waals surface area contributed by atoms with Gasteiger partial charge in [-0.05, 0) is 35.9 Å². The van der Waals surface area contributed by atoms with Crippen molar-refractivity contribution in [1.29, 1.82) is 5.26 Å². The van der Waals surface area contributed by atoms with Crippen LogP contribution in [0.3, 0.4) is 0 Å². The molecule has 0 amide bonds. The Bertz CT molecular complexity index is 676. The lowest BCUT2D eigenvalue weighted by molar-refractivity contribution is 0.597. The van der Waals surface area contributed by atoms with Gasteiger partial charge in [-0.1, -0.05) is 11.6 Å². The van der Waals surface area contributed by atoms with E-state index in [9.17, 15) is 8.78 Å². The third kappa shape index (κ3) is 2.78. The standard InChI is InChI=1S/C14H7ClF2N2/c15-14(11-7-10(16)1-2-13(11)17)12(8-18)9-3-5-19-6-4-9/h1-7H/b14-12+. The molecule has 0 radical (unpaired) electrons. The molecular weight excluding hydrogens is 270 g/mol. The van der Waals surface area contributed by atoms with Gasteiger partial charge in [-0.25, -0.2) is 8.78 Å². The van der Waals surface area contributed by atoms with Crippen LogP contribution in [0.1, 0.15) is 11.1 Å². The summed E-state index contributed by atoms with van der Waals surface area (Å²) < 4.78 is 26.8. The highest BCUT2D eigenvalue weighted by Crippen LogP contribution is 2.31. The van der Waals surface area contributed by atoms with Gasteiger partial charge in [-0.3, -0.25) is 4.98 Å². The molecule has 0 bridgehead atoms. The van der Waals surface area contributed by atoms with Crippen LogP contribution in [-0.4, -0.2) is 4.98 Å². The summed E-state index contributed by atoms with van der Waals surface area (Å²) in [5.74, 6) is -1.31. The molecule has 2 aromatic rings. The van der Waals surface area contributed by atoms with Crippen LogP contribution in [0.5, 0.6) is 0 Å². The molecule has 2 rings (SSSR count). The first kappa shape index (κ1) is 13.2. The molecule has 0 spiro atoms. The van der Waals surface area contributed by atoms with E-state index in [1.165, 1.54) is 12.4 Å². The normalized spacial score (nSPS) is 11.7. The van der Waals surface area contributed by atoms with E-state index in [0.29, 0.717) is 5.56 Å². The second-order valence-electron chi connectivity index (χ2n) is 3.66. The first-order valence-electron chi connectivity index (χ1n) is 5.29. The molecular formula is C14H7ClF2N2. The molecule has 0 aliphatic rings. The lowest BCUT2D eigenvalue weighted by Crippen LogP contribution is -1.91. The van der Waals surface area contributed by atoms with E-state index in [-0.39, 0.29) is 16.2 Å². The molecule has 0 N–H and O–H groups in total. The van der Waals surface area contributed by atoms with Crippen molar-refractivity contribution in [3.8, 4) is 6.07 Å². The monoisotopic (exact) mass is 276 g/mol. The molecule has 5 heteroatoms. The van der Waals surface area contributed by atoms with E-state index in [4.69, 9.17) is 16.9 Å². The molecule has 0 saturated carbocycles.